The lowest BCUT2D eigenvalue weighted by atomic mass is 9.83. The number of benzene rings is 1. The van der Waals surface area contributed by atoms with E-state index in [2.05, 4.69) is 17.6 Å². The molecule has 2 N–H and O–H groups in total. The van der Waals surface area contributed by atoms with Gasteiger partial charge in [0.1, 0.15) is 0 Å². The number of nitrogens with one attached hydrogen (secondary N) is 2. The number of carbonyl (C=O) groups is 1. The van der Waals surface area contributed by atoms with E-state index in [-0.39, 0.29) is 11.4 Å². The lowest BCUT2D eigenvalue weighted by molar-refractivity contribution is 0.0882. The van der Waals surface area contributed by atoms with Crippen molar-refractivity contribution in [3.63, 3.8) is 0 Å². The molecule has 0 heterocycles. The van der Waals surface area contributed by atoms with Crippen molar-refractivity contribution in [2.45, 2.75) is 51.5 Å². The Bertz CT molecular complexity index is 462. The molecule has 0 spiro atoms. The maximum atomic E-state index is 12.3. The number of anilines is 1. The molecule has 3 heteroatoms. The van der Waals surface area contributed by atoms with Gasteiger partial charge in [0.2, 0.25) is 0 Å². The zero-order chi connectivity index (χ0) is 13.9. The van der Waals surface area contributed by atoms with Crippen LogP contribution in [0.5, 0.6) is 0 Å². The van der Waals surface area contributed by atoms with Crippen LogP contribution in [-0.2, 0) is 0 Å². The summed E-state index contributed by atoms with van der Waals surface area (Å²) in [5, 5.41) is 6.34. The van der Waals surface area contributed by atoms with Gasteiger partial charge in [0.25, 0.3) is 5.91 Å². The van der Waals surface area contributed by atoms with Crippen molar-refractivity contribution in [2.24, 2.45) is 0 Å². The maximum absolute atomic E-state index is 12.3. The summed E-state index contributed by atoms with van der Waals surface area (Å²) in [4.78, 5) is 12.3. The molecule has 0 bridgehead atoms. The molecule has 0 saturated heterocycles. The van der Waals surface area contributed by atoms with Crippen molar-refractivity contribution >= 4 is 11.6 Å². The molecule has 104 valence electrons. The Hall–Kier alpha value is -1.51. The molecule has 0 aromatic heterocycles. The van der Waals surface area contributed by atoms with Gasteiger partial charge in [-0.05, 0) is 50.5 Å². The van der Waals surface area contributed by atoms with Gasteiger partial charge in [-0.3, -0.25) is 4.79 Å². The van der Waals surface area contributed by atoms with E-state index in [1.807, 2.05) is 32.2 Å². The highest BCUT2D eigenvalue weighted by Crippen LogP contribution is 2.28. The molecule has 1 aromatic carbocycles. The van der Waals surface area contributed by atoms with Crippen molar-refractivity contribution in [3.8, 4) is 0 Å². The predicted molar refractivity (Wildman–Crippen MR) is 79.7 cm³/mol. The lowest BCUT2D eigenvalue weighted by Gasteiger charge is -2.34. The fraction of sp³-hybridized carbons (Fsp3) is 0.562. The summed E-state index contributed by atoms with van der Waals surface area (Å²) in [6, 6.07) is 5.81. The first-order chi connectivity index (χ1) is 9.04. The van der Waals surface area contributed by atoms with Gasteiger partial charge in [-0.2, -0.15) is 0 Å². The third kappa shape index (κ3) is 3.28. The Morgan fingerprint density at radius 3 is 2.47 bits per heavy atom. The molecule has 1 aliphatic carbocycles. The van der Waals surface area contributed by atoms with E-state index in [4.69, 9.17) is 0 Å². The van der Waals surface area contributed by atoms with Crippen molar-refractivity contribution in [2.75, 3.05) is 12.4 Å². The molecule has 3 nitrogen and oxygen atoms in total. The Balaban J connectivity index is 2.09. The number of rotatable bonds is 3. The minimum absolute atomic E-state index is 0.0229. The number of carbonyl (C=O) groups excluding carboxylic acids is 1. The normalized spacial score (nSPS) is 17.8. The van der Waals surface area contributed by atoms with Gasteiger partial charge in [-0.15, -0.1) is 0 Å². The number of hydrogen-bond donors (Lipinski definition) is 2. The van der Waals surface area contributed by atoms with Crippen LogP contribution in [-0.4, -0.2) is 18.5 Å². The predicted octanol–water partition coefficient (Wildman–Crippen LogP) is 3.49. The van der Waals surface area contributed by atoms with E-state index in [0.29, 0.717) is 0 Å². The fourth-order valence-corrected chi connectivity index (χ4v) is 2.89. The lowest BCUT2D eigenvalue weighted by Crippen LogP contribution is -2.47. The first-order valence-electron chi connectivity index (χ1n) is 7.15. The second kappa shape index (κ2) is 5.64. The highest BCUT2D eigenvalue weighted by Gasteiger charge is 2.28. The van der Waals surface area contributed by atoms with Crippen LogP contribution in [0.25, 0.3) is 0 Å². The van der Waals surface area contributed by atoms with Crippen molar-refractivity contribution in [1.82, 2.24) is 5.32 Å². The first kappa shape index (κ1) is 13.9. The summed E-state index contributed by atoms with van der Waals surface area (Å²) in [5.74, 6) is 0.0511. The molecule has 1 fully saturated rings. The van der Waals surface area contributed by atoms with Gasteiger partial charge in [0.15, 0.2) is 0 Å². The molecule has 0 aliphatic heterocycles. The van der Waals surface area contributed by atoms with Crippen LogP contribution >= 0.6 is 0 Å². The molecule has 1 aliphatic rings. The third-order valence-electron chi connectivity index (χ3n) is 4.13. The van der Waals surface area contributed by atoms with E-state index in [1.54, 1.807) is 0 Å². The Morgan fingerprint density at radius 1 is 1.21 bits per heavy atom. The molecule has 1 amide bonds. The summed E-state index contributed by atoms with van der Waals surface area (Å²) in [6.07, 6.45) is 5.91. The summed E-state index contributed by atoms with van der Waals surface area (Å²) in [6.45, 7) is 4.18. The second-order valence-corrected chi connectivity index (χ2v) is 5.86. The van der Waals surface area contributed by atoms with Gasteiger partial charge < -0.3 is 10.6 Å². The quantitative estimate of drug-likeness (QED) is 0.873. The summed E-state index contributed by atoms with van der Waals surface area (Å²) in [7, 11) is 1.89. The monoisotopic (exact) mass is 260 g/mol. The Morgan fingerprint density at radius 2 is 1.89 bits per heavy atom. The molecule has 1 aromatic rings. The van der Waals surface area contributed by atoms with Crippen LogP contribution in [0.1, 0.15) is 54.9 Å². The SMILES string of the molecule is CNc1ccc(C(=O)NC2(C)CCCCC2)cc1C. The van der Waals surface area contributed by atoms with Crippen LogP contribution in [0.15, 0.2) is 18.2 Å². The van der Waals surface area contributed by atoms with E-state index < -0.39 is 0 Å². The zero-order valence-corrected chi connectivity index (χ0v) is 12.2. The Labute approximate surface area is 115 Å². The second-order valence-electron chi connectivity index (χ2n) is 5.86. The molecule has 0 atom stereocenters. The number of aryl methyl sites for hydroxylation is 1. The standard InChI is InChI=1S/C16H24N2O/c1-12-11-13(7-8-14(12)17-3)15(19)18-16(2)9-5-4-6-10-16/h7-8,11,17H,4-6,9-10H2,1-3H3,(H,18,19). The average Bonchev–Trinajstić information content (AvgIpc) is 2.39. The molecule has 2 rings (SSSR count). The van der Waals surface area contributed by atoms with Crippen molar-refractivity contribution < 1.29 is 4.79 Å². The van der Waals surface area contributed by atoms with Crippen molar-refractivity contribution in [1.29, 1.82) is 0 Å². The minimum atomic E-state index is -0.0229. The fourth-order valence-electron chi connectivity index (χ4n) is 2.89. The van der Waals surface area contributed by atoms with E-state index in [0.717, 1.165) is 29.7 Å². The minimum Gasteiger partial charge on any atom is -0.388 e. The largest absolute Gasteiger partial charge is 0.388 e. The highest BCUT2D eigenvalue weighted by molar-refractivity contribution is 5.95. The summed E-state index contributed by atoms with van der Waals surface area (Å²) < 4.78 is 0. The van der Waals surface area contributed by atoms with Gasteiger partial charge in [-0.25, -0.2) is 0 Å². The molecular formula is C16H24N2O. The van der Waals surface area contributed by atoms with Crippen LogP contribution < -0.4 is 10.6 Å². The summed E-state index contributed by atoms with van der Waals surface area (Å²) >= 11 is 0. The number of hydrogen-bond acceptors (Lipinski definition) is 2. The first-order valence-corrected chi connectivity index (χ1v) is 7.15. The maximum Gasteiger partial charge on any atom is 0.251 e. The molecule has 0 unspecified atom stereocenters. The van der Waals surface area contributed by atoms with Gasteiger partial charge in [0.05, 0.1) is 0 Å². The van der Waals surface area contributed by atoms with Crippen LogP contribution in [0.3, 0.4) is 0 Å². The molecule has 0 radical (unpaired) electrons. The third-order valence-corrected chi connectivity index (χ3v) is 4.13. The van der Waals surface area contributed by atoms with Gasteiger partial charge in [0, 0.05) is 23.8 Å². The smallest absolute Gasteiger partial charge is 0.251 e. The summed E-state index contributed by atoms with van der Waals surface area (Å²) in [5.41, 5.74) is 2.90. The van der Waals surface area contributed by atoms with E-state index in [1.165, 1.54) is 19.3 Å². The molecule has 1 saturated carbocycles. The average molecular weight is 260 g/mol. The van der Waals surface area contributed by atoms with Crippen LogP contribution in [0.2, 0.25) is 0 Å². The van der Waals surface area contributed by atoms with E-state index >= 15 is 0 Å². The topological polar surface area (TPSA) is 41.1 Å². The van der Waals surface area contributed by atoms with Gasteiger partial charge >= 0.3 is 0 Å². The number of amides is 1. The van der Waals surface area contributed by atoms with Crippen molar-refractivity contribution in [3.05, 3.63) is 29.3 Å². The zero-order valence-electron chi connectivity index (χ0n) is 12.2. The highest BCUT2D eigenvalue weighted by atomic mass is 16.1. The van der Waals surface area contributed by atoms with Gasteiger partial charge in [-0.1, -0.05) is 19.3 Å². The van der Waals surface area contributed by atoms with Crippen LogP contribution in [0, 0.1) is 6.92 Å². The molecule has 19 heavy (non-hydrogen) atoms. The van der Waals surface area contributed by atoms with Crippen LogP contribution in [0.4, 0.5) is 5.69 Å². The molecular weight excluding hydrogens is 236 g/mol. The van der Waals surface area contributed by atoms with E-state index in [9.17, 15) is 4.79 Å². The Kier molecular flexibility index (Phi) is 4.13.